The van der Waals surface area contributed by atoms with Gasteiger partial charge in [0.05, 0.1) is 13.2 Å². The second kappa shape index (κ2) is 5.36. The van der Waals surface area contributed by atoms with Crippen molar-refractivity contribution < 1.29 is 23.8 Å². The van der Waals surface area contributed by atoms with Crippen molar-refractivity contribution in [2.45, 2.75) is 58.9 Å². The zero-order valence-corrected chi connectivity index (χ0v) is 12.5. The highest BCUT2D eigenvalue weighted by Gasteiger charge is 2.49. The SMILES string of the molecule is CCOC(=O)[C@H]1COC(C)(C)N1C(=O)OC(C)(C)C. The Balaban J connectivity index is 2.90. The first-order valence-electron chi connectivity index (χ1n) is 6.41. The number of esters is 1. The molecule has 1 fully saturated rings. The van der Waals surface area contributed by atoms with Crippen LogP contribution in [0.1, 0.15) is 41.5 Å². The highest BCUT2D eigenvalue weighted by Crippen LogP contribution is 2.29. The van der Waals surface area contributed by atoms with Crippen LogP contribution in [0.5, 0.6) is 0 Å². The number of amides is 1. The summed E-state index contributed by atoms with van der Waals surface area (Å²) in [7, 11) is 0. The first kappa shape index (κ1) is 15.8. The van der Waals surface area contributed by atoms with Gasteiger partial charge in [-0.1, -0.05) is 0 Å². The standard InChI is InChI=1S/C13H23NO5/c1-7-17-10(15)9-8-18-13(5,6)14(9)11(16)19-12(2,3)4/h9H,7-8H2,1-6H3/t9-/m1/s1. The lowest BCUT2D eigenvalue weighted by atomic mass is 10.2. The molecular formula is C13H23NO5. The summed E-state index contributed by atoms with van der Waals surface area (Å²) in [6, 6.07) is -0.759. The number of hydrogen-bond acceptors (Lipinski definition) is 5. The summed E-state index contributed by atoms with van der Waals surface area (Å²) >= 11 is 0. The highest BCUT2D eigenvalue weighted by atomic mass is 16.6. The van der Waals surface area contributed by atoms with E-state index in [0.29, 0.717) is 0 Å². The van der Waals surface area contributed by atoms with Gasteiger partial charge in [0.15, 0.2) is 6.04 Å². The fourth-order valence-electron chi connectivity index (χ4n) is 1.87. The van der Waals surface area contributed by atoms with Crippen molar-refractivity contribution in [3.8, 4) is 0 Å². The second-order valence-corrected chi connectivity index (χ2v) is 5.88. The maximum Gasteiger partial charge on any atom is 0.413 e. The van der Waals surface area contributed by atoms with E-state index in [1.807, 2.05) is 0 Å². The first-order valence-corrected chi connectivity index (χ1v) is 6.41. The molecule has 0 unspecified atom stereocenters. The van der Waals surface area contributed by atoms with Gasteiger partial charge in [-0.15, -0.1) is 0 Å². The number of hydrogen-bond donors (Lipinski definition) is 0. The number of nitrogens with zero attached hydrogens (tertiary/aromatic N) is 1. The number of carbonyl (C=O) groups excluding carboxylic acids is 2. The molecule has 0 aromatic heterocycles. The van der Waals surface area contributed by atoms with Gasteiger partial charge in [0, 0.05) is 0 Å². The minimum Gasteiger partial charge on any atom is -0.464 e. The summed E-state index contributed by atoms with van der Waals surface area (Å²) in [5.74, 6) is -0.473. The van der Waals surface area contributed by atoms with Crippen molar-refractivity contribution in [3.63, 3.8) is 0 Å². The van der Waals surface area contributed by atoms with Gasteiger partial charge in [-0.25, -0.2) is 9.59 Å². The van der Waals surface area contributed by atoms with Crippen molar-refractivity contribution in [2.24, 2.45) is 0 Å². The molecule has 0 radical (unpaired) electrons. The lowest BCUT2D eigenvalue weighted by molar-refractivity contribution is -0.149. The summed E-state index contributed by atoms with van der Waals surface area (Å²) in [5, 5.41) is 0. The normalized spacial score (nSPS) is 22.2. The van der Waals surface area contributed by atoms with E-state index in [2.05, 4.69) is 0 Å². The van der Waals surface area contributed by atoms with Crippen LogP contribution in [0, 0.1) is 0 Å². The summed E-state index contributed by atoms with van der Waals surface area (Å²) in [4.78, 5) is 25.4. The molecule has 19 heavy (non-hydrogen) atoms. The van der Waals surface area contributed by atoms with E-state index in [9.17, 15) is 9.59 Å². The molecule has 0 aromatic rings. The summed E-state index contributed by atoms with van der Waals surface area (Å²) in [6.45, 7) is 10.8. The molecule has 1 saturated heterocycles. The first-order chi connectivity index (χ1) is 8.58. The van der Waals surface area contributed by atoms with E-state index in [4.69, 9.17) is 14.2 Å². The average molecular weight is 273 g/mol. The Kier molecular flexibility index (Phi) is 4.45. The van der Waals surface area contributed by atoms with E-state index in [1.54, 1.807) is 41.5 Å². The van der Waals surface area contributed by atoms with Crippen LogP contribution in [0.4, 0.5) is 4.79 Å². The molecule has 110 valence electrons. The monoisotopic (exact) mass is 273 g/mol. The molecule has 0 aliphatic carbocycles. The van der Waals surface area contributed by atoms with Crippen molar-refractivity contribution in [2.75, 3.05) is 13.2 Å². The Labute approximate surface area is 114 Å². The van der Waals surface area contributed by atoms with Gasteiger partial charge in [0.25, 0.3) is 0 Å². The van der Waals surface area contributed by atoms with E-state index in [-0.39, 0.29) is 13.2 Å². The smallest absolute Gasteiger partial charge is 0.413 e. The number of carbonyl (C=O) groups is 2. The van der Waals surface area contributed by atoms with Gasteiger partial charge in [0.1, 0.15) is 11.3 Å². The Morgan fingerprint density at radius 3 is 2.42 bits per heavy atom. The number of ether oxygens (including phenoxy) is 3. The Morgan fingerprint density at radius 1 is 1.37 bits per heavy atom. The van der Waals surface area contributed by atoms with Crippen LogP contribution in [-0.4, -0.2) is 47.5 Å². The third-order valence-electron chi connectivity index (χ3n) is 2.64. The molecule has 1 atom stereocenters. The molecule has 0 bridgehead atoms. The quantitative estimate of drug-likeness (QED) is 0.719. The third-order valence-corrected chi connectivity index (χ3v) is 2.64. The van der Waals surface area contributed by atoms with E-state index >= 15 is 0 Å². The second-order valence-electron chi connectivity index (χ2n) is 5.88. The van der Waals surface area contributed by atoms with Crippen LogP contribution in [0.25, 0.3) is 0 Å². The van der Waals surface area contributed by atoms with Crippen LogP contribution >= 0.6 is 0 Å². The minimum atomic E-state index is -0.889. The maximum atomic E-state index is 12.2. The molecule has 1 rings (SSSR count). The van der Waals surface area contributed by atoms with Crippen molar-refractivity contribution in [1.82, 2.24) is 4.90 Å². The van der Waals surface area contributed by atoms with Crippen molar-refractivity contribution >= 4 is 12.1 Å². The molecule has 0 aromatic carbocycles. The Bertz CT molecular complexity index is 359. The van der Waals surface area contributed by atoms with Gasteiger partial charge in [0.2, 0.25) is 0 Å². The topological polar surface area (TPSA) is 65.1 Å². The highest BCUT2D eigenvalue weighted by molar-refractivity contribution is 5.82. The number of rotatable bonds is 2. The van der Waals surface area contributed by atoms with Crippen molar-refractivity contribution in [1.29, 1.82) is 0 Å². The van der Waals surface area contributed by atoms with Crippen LogP contribution in [-0.2, 0) is 19.0 Å². The molecule has 1 amide bonds. The van der Waals surface area contributed by atoms with Gasteiger partial charge in [-0.05, 0) is 41.5 Å². The Morgan fingerprint density at radius 2 is 1.95 bits per heavy atom. The zero-order valence-electron chi connectivity index (χ0n) is 12.5. The third kappa shape index (κ3) is 3.83. The lowest BCUT2D eigenvalue weighted by Gasteiger charge is -2.34. The van der Waals surface area contributed by atoms with Crippen LogP contribution in [0.2, 0.25) is 0 Å². The fourth-order valence-corrected chi connectivity index (χ4v) is 1.87. The zero-order chi connectivity index (χ0) is 14.8. The molecule has 1 heterocycles. The Hall–Kier alpha value is -1.30. The van der Waals surface area contributed by atoms with Gasteiger partial charge < -0.3 is 14.2 Å². The molecule has 1 aliphatic heterocycles. The summed E-state index contributed by atoms with van der Waals surface area (Å²) < 4.78 is 15.8. The van der Waals surface area contributed by atoms with Gasteiger partial charge >= 0.3 is 12.1 Å². The molecule has 6 nitrogen and oxygen atoms in total. The minimum absolute atomic E-state index is 0.116. The van der Waals surface area contributed by atoms with Crippen LogP contribution < -0.4 is 0 Å². The molecule has 6 heteroatoms. The largest absolute Gasteiger partial charge is 0.464 e. The van der Waals surface area contributed by atoms with Crippen LogP contribution in [0.15, 0.2) is 0 Å². The fraction of sp³-hybridized carbons (Fsp3) is 0.846. The molecule has 0 saturated carbocycles. The van der Waals surface area contributed by atoms with E-state index < -0.39 is 29.4 Å². The van der Waals surface area contributed by atoms with Crippen molar-refractivity contribution in [3.05, 3.63) is 0 Å². The van der Waals surface area contributed by atoms with Gasteiger partial charge in [-0.2, -0.15) is 0 Å². The van der Waals surface area contributed by atoms with Crippen LogP contribution in [0.3, 0.4) is 0 Å². The molecule has 0 N–H and O–H groups in total. The van der Waals surface area contributed by atoms with Gasteiger partial charge in [-0.3, -0.25) is 4.90 Å². The molecule has 1 aliphatic rings. The predicted octanol–water partition coefficient (Wildman–Crippen LogP) is 1.92. The predicted molar refractivity (Wildman–Crippen MR) is 68.5 cm³/mol. The van der Waals surface area contributed by atoms with E-state index in [1.165, 1.54) is 4.90 Å². The lowest BCUT2D eigenvalue weighted by Crippen LogP contribution is -2.52. The molecular weight excluding hydrogens is 250 g/mol. The summed E-state index contributed by atoms with van der Waals surface area (Å²) in [5.41, 5.74) is -1.52. The average Bonchev–Trinajstić information content (AvgIpc) is 2.51. The molecule has 0 spiro atoms. The van der Waals surface area contributed by atoms with E-state index in [0.717, 1.165) is 0 Å². The maximum absolute atomic E-state index is 12.2. The summed E-state index contributed by atoms with van der Waals surface area (Å²) in [6.07, 6.45) is -0.576.